The van der Waals surface area contributed by atoms with E-state index in [-0.39, 0.29) is 6.61 Å². The molecule has 57 heavy (non-hydrogen) atoms. The fourth-order valence-corrected chi connectivity index (χ4v) is 6.30. The zero-order valence-corrected chi connectivity index (χ0v) is 32.7. The Labute approximate surface area is 337 Å². The molecule has 0 aliphatic heterocycles. The minimum absolute atomic E-state index is 0.0183. The number of aliphatic hydroxyl groups excluding tert-OH is 1. The third-order valence-corrected chi connectivity index (χ3v) is 8.94. The van der Waals surface area contributed by atoms with Crippen LogP contribution in [0.4, 0.5) is 0 Å². The molecule has 5 rings (SSSR count). The maximum absolute atomic E-state index is 8.65. The lowest BCUT2D eigenvalue weighted by Gasteiger charge is -2.36. The highest BCUT2D eigenvalue weighted by atomic mass is 16.6. The van der Waals surface area contributed by atoms with Crippen molar-refractivity contribution in [3.8, 4) is 17.2 Å². The molecule has 0 saturated heterocycles. The van der Waals surface area contributed by atoms with E-state index in [0.29, 0.717) is 99.1 Å². The van der Waals surface area contributed by atoms with Crippen LogP contribution in [-0.4, -0.2) is 111 Å². The second-order valence-electron chi connectivity index (χ2n) is 12.8. The monoisotopic (exact) mass is 780 g/mol. The number of rotatable bonds is 30. The summed E-state index contributed by atoms with van der Waals surface area (Å²) in [5.74, 6) is 2.28. The summed E-state index contributed by atoms with van der Waals surface area (Å²) < 4.78 is 50.5. The molecule has 0 aliphatic rings. The molecule has 5 aromatic carbocycles. The van der Waals surface area contributed by atoms with Crippen molar-refractivity contribution in [2.75, 3.05) is 106 Å². The molecule has 5 aromatic rings. The van der Waals surface area contributed by atoms with E-state index in [9.17, 15) is 0 Å². The van der Waals surface area contributed by atoms with Crippen LogP contribution in [-0.2, 0) is 33.8 Å². The third kappa shape index (κ3) is 14.6. The molecule has 0 bridgehead atoms. The summed E-state index contributed by atoms with van der Waals surface area (Å²) in [6.07, 6.45) is 0. The smallest absolute Gasteiger partial charge is 0.119 e. The van der Waals surface area contributed by atoms with Gasteiger partial charge in [0.05, 0.1) is 91.3 Å². The Kier molecular flexibility index (Phi) is 19.9. The van der Waals surface area contributed by atoms with Crippen LogP contribution >= 0.6 is 0 Å². The average Bonchev–Trinajstić information content (AvgIpc) is 3.27. The fraction of sp³-hybridized carbons (Fsp3) is 0.362. The lowest BCUT2D eigenvalue weighted by atomic mass is 9.65. The van der Waals surface area contributed by atoms with Crippen LogP contribution in [0.25, 0.3) is 0 Å². The SMILES string of the molecule is OCCOCCOCCOCCOc1ccc(OCCOCCOCCOCCOc2ccc(C(c3ccccc3)(c3ccccc3)c3ccccc3)cc2)cc1. The van der Waals surface area contributed by atoms with Gasteiger partial charge in [-0.3, -0.25) is 0 Å². The van der Waals surface area contributed by atoms with Crippen molar-refractivity contribution in [3.05, 3.63) is 162 Å². The van der Waals surface area contributed by atoms with Crippen LogP contribution < -0.4 is 14.2 Å². The summed E-state index contributed by atoms with van der Waals surface area (Å²) in [5.41, 5.74) is 4.29. The Bertz CT molecular complexity index is 1630. The summed E-state index contributed by atoms with van der Waals surface area (Å²) in [7, 11) is 0. The van der Waals surface area contributed by atoms with Crippen molar-refractivity contribution in [3.63, 3.8) is 0 Å². The summed E-state index contributed by atoms with van der Waals surface area (Å²) in [6.45, 7) is 6.85. The molecule has 0 unspecified atom stereocenters. The first kappa shape index (κ1) is 43.3. The molecule has 0 spiro atoms. The number of benzene rings is 5. The van der Waals surface area contributed by atoms with Gasteiger partial charge in [0.25, 0.3) is 0 Å². The van der Waals surface area contributed by atoms with E-state index in [1.165, 1.54) is 16.7 Å². The predicted octanol–water partition coefficient (Wildman–Crippen LogP) is 7.00. The first-order valence-electron chi connectivity index (χ1n) is 19.6. The zero-order chi connectivity index (χ0) is 39.5. The Morgan fingerprint density at radius 3 is 0.825 bits per heavy atom. The van der Waals surface area contributed by atoms with Gasteiger partial charge >= 0.3 is 0 Å². The van der Waals surface area contributed by atoms with Gasteiger partial charge in [0.15, 0.2) is 0 Å². The number of hydrogen-bond acceptors (Lipinski definition) is 10. The first-order chi connectivity index (χ1) is 28.3. The molecule has 304 valence electrons. The van der Waals surface area contributed by atoms with Crippen LogP contribution in [0.3, 0.4) is 0 Å². The van der Waals surface area contributed by atoms with Crippen LogP contribution in [0, 0.1) is 0 Å². The molecule has 10 heteroatoms. The molecule has 0 amide bonds. The van der Waals surface area contributed by atoms with Crippen molar-refractivity contribution < 1.29 is 47.7 Å². The van der Waals surface area contributed by atoms with Gasteiger partial charge in [0.1, 0.15) is 37.1 Å². The van der Waals surface area contributed by atoms with Gasteiger partial charge < -0.3 is 47.7 Å². The quantitative estimate of drug-likeness (QED) is 0.0387. The number of ether oxygens (including phenoxy) is 9. The second kappa shape index (κ2) is 26.2. The summed E-state index contributed by atoms with van der Waals surface area (Å²) in [5, 5.41) is 8.65. The summed E-state index contributed by atoms with van der Waals surface area (Å²) in [6, 6.07) is 47.9. The maximum Gasteiger partial charge on any atom is 0.119 e. The molecule has 0 radical (unpaired) electrons. The molecular weight excluding hydrogens is 725 g/mol. The molecule has 0 heterocycles. The van der Waals surface area contributed by atoms with Crippen molar-refractivity contribution in [2.24, 2.45) is 0 Å². The molecule has 0 atom stereocenters. The minimum Gasteiger partial charge on any atom is -0.491 e. The Balaban J connectivity index is 0.893. The molecule has 1 N–H and O–H groups in total. The van der Waals surface area contributed by atoms with Gasteiger partial charge in [-0.05, 0) is 58.7 Å². The number of aliphatic hydroxyl groups is 1. The van der Waals surface area contributed by atoms with Crippen LogP contribution in [0.5, 0.6) is 17.2 Å². The van der Waals surface area contributed by atoms with Gasteiger partial charge in [-0.15, -0.1) is 0 Å². The van der Waals surface area contributed by atoms with E-state index in [1.54, 1.807) is 0 Å². The first-order valence-corrected chi connectivity index (χ1v) is 19.6. The summed E-state index contributed by atoms with van der Waals surface area (Å²) >= 11 is 0. The van der Waals surface area contributed by atoms with Crippen LogP contribution in [0.1, 0.15) is 22.3 Å². The Morgan fingerprint density at radius 2 is 0.526 bits per heavy atom. The molecule has 10 nitrogen and oxygen atoms in total. The van der Waals surface area contributed by atoms with Crippen molar-refractivity contribution in [2.45, 2.75) is 5.41 Å². The van der Waals surface area contributed by atoms with E-state index < -0.39 is 5.41 Å². The average molecular weight is 781 g/mol. The maximum atomic E-state index is 8.65. The van der Waals surface area contributed by atoms with Crippen LogP contribution in [0.15, 0.2) is 140 Å². The zero-order valence-electron chi connectivity index (χ0n) is 32.7. The van der Waals surface area contributed by atoms with E-state index in [1.807, 2.05) is 36.4 Å². The minimum atomic E-state index is -0.484. The fourth-order valence-electron chi connectivity index (χ4n) is 6.30. The van der Waals surface area contributed by atoms with E-state index in [4.69, 9.17) is 47.7 Å². The summed E-state index contributed by atoms with van der Waals surface area (Å²) in [4.78, 5) is 0. The van der Waals surface area contributed by atoms with Crippen LogP contribution in [0.2, 0.25) is 0 Å². The van der Waals surface area contributed by atoms with Gasteiger partial charge in [-0.1, -0.05) is 103 Å². The molecule has 0 aliphatic carbocycles. The van der Waals surface area contributed by atoms with Gasteiger partial charge in [-0.25, -0.2) is 0 Å². The molecular formula is C47H56O10. The second-order valence-corrected chi connectivity index (χ2v) is 12.8. The molecule has 0 fully saturated rings. The lowest BCUT2D eigenvalue weighted by molar-refractivity contribution is 0.00359. The highest BCUT2D eigenvalue weighted by molar-refractivity contribution is 5.60. The molecule has 0 saturated carbocycles. The van der Waals surface area contributed by atoms with Gasteiger partial charge in [0.2, 0.25) is 0 Å². The van der Waals surface area contributed by atoms with Crippen molar-refractivity contribution in [1.82, 2.24) is 0 Å². The number of hydrogen-bond donors (Lipinski definition) is 1. The highest BCUT2D eigenvalue weighted by Crippen LogP contribution is 2.45. The molecule has 0 aromatic heterocycles. The lowest BCUT2D eigenvalue weighted by Crippen LogP contribution is -2.30. The third-order valence-electron chi connectivity index (χ3n) is 8.94. The Morgan fingerprint density at radius 1 is 0.281 bits per heavy atom. The van der Waals surface area contributed by atoms with Gasteiger partial charge in [-0.2, -0.15) is 0 Å². The largest absolute Gasteiger partial charge is 0.491 e. The van der Waals surface area contributed by atoms with Crippen molar-refractivity contribution >= 4 is 0 Å². The normalized spacial score (nSPS) is 11.4. The standard InChI is InChI=1S/C47H56O10/c48-24-25-49-26-27-50-28-31-53-35-38-56-45-20-22-46(23-21-45)57-39-36-54-33-30-51-29-32-52-34-37-55-44-18-16-43(17-19-44)47(40-10-4-1-5-11-40,41-12-6-2-7-13-41)42-14-8-3-9-15-42/h1-23,48H,24-39H2. The predicted molar refractivity (Wildman–Crippen MR) is 220 cm³/mol. The van der Waals surface area contributed by atoms with Crippen molar-refractivity contribution in [1.29, 1.82) is 0 Å². The van der Waals surface area contributed by atoms with E-state index >= 15 is 0 Å². The topological polar surface area (TPSA) is 103 Å². The van der Waals surface area contributed by atoms with Gasteiger partial charge in [0, 0.05) is 0 Å². The Hall–Kier alpha value is -4.78. The van der Waals surface area contributed by atoms with E-state index in [2.05, 4.69) is 103 Å². The highest BCUT2D eigenvalue weighted by Gasteiger charge is 2.38. The van der Waals surface area contributed by atoms with E-state index in [0.717, 1.165) is 22.8 Å².